The Hall–Kier alpha value is -2.18. The molecule has 0 amide bonds. The zero-order chi connectivity index (χ0) is 11.9. The van der Waals surface area contributed by atoms with Crippen molar-refractivity contribution in [2.24, 2.45) is 0 Å². The molecule has 0 aliphatic heterocycles. The molecule has 0 aliphatic carbocycles. The first-order valence-electron chi connectivity index (χ1n) is 5.41. The number of hydrogen-bond donors (Lipinski definition) is 2. The Balaban J connectivity index is 1.84. The number of rotatable bonds is 6. The van der Waals surface area contributed by atoms with Crippen LogP contribution in [-0.2, 0) is 6.42 Å². The van der Waals surface area contributed by atoms with Gasteiger partial charge in [-0.15, -0.1) is 0 Å². The van der Waals surface area contributed by atoms with Crippen LogP contribution in [0.5, 0.6) is 5.88 Å². The summed E-state index contributed by atoms with van der Waals surface area (Å²) in [7, 11) is 0. The Kier molecular flexibility index (Phi) is 3.85. The molecule has 0 saturated heterocycles. The van der Waals surface area contributed by atoms with Gasteiger partial charge in [-0.1, -0.05) is 0 Å². The smallest absolute Gasteiger partial charge is 0.218 e. The fourth-order valence-corrected chi connectivity index (χ4v) is 1.32. The first kappa shape index (κ1) is 11.3. The lowest BCUT2D eigenvalue weighted by molar-refractivity contribution is 0.326. The van der Waals surface area contributed by atoms with Gasteiger partial charge in [0.1, 0.15) is 24.3 Å². The summed E-state index contributed by atoms with van der Waals surface area (Å²) in [4.78, 5) is 12.1. The van der Waals surface area contributed by atoms with Crippen LogP contribution in [0, 0.1) is 0 Å². The van der Waals surface area contributed by atoms with E-state index in [1.807, 2.05) is 6.92 Å². The summed E-state index contributed by atoms with van der Waals surface area (Å²) in [5.74, 6) is 2.16. The van der Waals surface area contributed by atoms with Crippen LogP contribution in [0.15, 0.2) is 18.7 Å². The lowest BCUT2D eigenvalue weighted by Gasteiger charge is -2.05. The Morgan fingerprint density at radius 3 is 3.00 bits per heavy atom. The molecule has 90 valence electrons. The predicted octanol–water partition coefficient (Wildman–Crippen LogP) is 0.648. The zero-order valence-electron chi connectivity index (χ0n) is 9.55. The number of anilines is 1. The van der Waals surface area contributed by atoms with Gasteiger partial charge in [-0.2, -0.15) is 5.10 Å². The minimum atomic E-state index is 0.574. The van der Waals surface area contributed by atoms with Gasteiger partial charge in [0.2, 0.25) is 5.88 Å². The van der Waals surface area contributed by atoms with E-state index in [-0.39, 0.29) is 0 Å². The lowest BCUT2D eigenvalue weighted by atomic mass is 10.4. The Labute approximate surface area is 98.7 Å². The normalized spacial score (nSPS) is 10.2. The van der Waals surface area contributed by atoms with Gasteiger partial charge in [-0.25, -0.2) is 15.0 Å². The van der Waals surface area contributed by atoms with Crippen molar-refractivity contribution in [1.82, 2.24) is 25.1 Å². The van der Waals surface area contributed by atoms with E-state index >= 15 is 0 Å². The third kappa shape index (κ3) is 3.40. The fourth-order valence-electron chi connectivity index (χ4n) is 1.32. The number of nitrogens with zero attached hydrogens (tertiary/aromatic N) is 4. The molecule has 7 heteroatoms. The maximum atomic E-state index is 5.28. The average molecular weight is 234 g/mol. The summed E-state index contributed by atoms with van der Waals surface area (Å²) in [6, 6.07) is 1.77. The lowest BCUT2D eigenvalue weighted by Crippen LogP contribution is -2.08. The quantitative estimate of drug-likeness (QED) is 0.762. The van der Waals surface area contributed by atoms with Crippen LogP contribution in [0.4, 0.5) is 5.82 Å². The third-order valence-corrected chi connectivity index (χ3v) is 2.07. The van der Waals surface area contributed by atoms with Crippen molar-refractivity contribution in [3.63, 3.8) is 0 Å². The molecule has 0 aromatic carbocycles. The molecule has 2 aromatic rings. The fraction of sp³-hybridized carbons (Fsp3) is 0.400. The SMILES string of the molecule is CCOc1cc(NCCc2ncn[nH]2)ncn1. The van der Waals surface area contributed by atoms with Crippen molar-refractivity contribution in [3.05, 3.63) is 24.5 Å². The molecule has 0 atom stereocenters. The Morgan fingerprint density at radius 2 is 2.24 bits per heavy atom. The van der Waals surface area contributed by atoms with Crippen LogP contribution in [0.25, 0.3) is 0 Å². The number of hydrogen-bond acceptors (Lipinski definition) is 6. The van der Waals surface area contributed by atoms with Crippen molar-refractivity contribution in [2.75, 3.05) is 18.5 Å². The molecule has 2 aromatic heterocycles. The second-order valence-electron chi connectivity index (χ2n) is 3.28. The van der Waals surface area contributed by atoms with Gasteiger partial charge in [-0.05, 0) is 6.92 Å². The van der Waals surface area contributed by atoms with Gasteiger partial charge >= 0.3 is 0 Å². The van der Waals surface area contributed by atoms with Crippen molar-refractivity contribution in [2.45, 2.75) is 13.3 Å². The number of ether oxygens (including phenoxy) is 1. The number of nitrogens with one attached hydrogen (secondary N) is 2. The molecule has 2 N–H and O–H groups in total. The van der Waals surface area contributed by atoms with Crippen LogP contribution < -0.4 is 10.1 Å². The second-order valence-corrected chi connectivity index (χ2v) is 3.28. The Morgan fingerprint density at radius 1 is 1.29 bits per heavy atom. The van der Waals surface area contributed by atoms with Gasteiger partial charge in [-0.3, -0.25) is 5.10 Å². The average Bonchev–Trinajstić information content (AvgIpc) is 2.83. The first-order chi connectivity index (χ1) is 8.38. The summed E-state index contributed by atoms with van der Waals surface area (Å²) in [6.45, 7) is 3.23. The van der Waals surface area contributed by atoms with Gasteiger partial charge in [0.05, 0.1) is 6.61 Å². The maximum Gasteiger partial charge on any atom is 0.218 e. The van der Waals surface area contributed by atoms with Crippen LogP contribution in [-0.4, -0.2) is 38.3 Å². The molecule has 0 unspecified atom stereocenters. The second kappa shape index (κ2) is 5.78. The van der Waals surface area contributed by atoms with Gasteiger partial charge in [0, 0.05) is 19.0 Å². The predicted molar refractivity (Wildman–Crippen MR) is 61.8 cm³/mol. The van der Waals surface area contributed by atoms with Crippen molar-refractivity contribution in [1.29, 1.82) is 0 Å². The van der Waals surface area contributed by atoms with E-state index in [9.17, 15) is 0 Å². The molecule has 2 rings (SSSR count). The van der Waals surface area contributed by atoms with Crippen LogP contribution in [0.3, 0.4) is 0 Å². The van der Waals surface area contributed by atoms with Crippen LogP contribution >= 0.6 is 0 Å². The number of H-pyrrole nitrogens is 1. The summed E-state index contributed by atoms with van der Waals surface area (Å²) in [5.41, 5.74) is 0. The zero-order valence-corrected chi connectivity index (χ0v) is 9.55. The van der Waals surface area contributed by atoms with E-state index in [1.165, 1.54) is 12.7 Å². The van der Waals surface area contributed by atoms with E-state index in [4.69, 9.17) is 4.74 Å². The Bertz CT molecular complexity index is 444. The van der Waals surface area contributed by atoms with Gasteiger partial charge < -0.3 is 10.1 Å². The maximum absolute atomic E-state index is 5.28. The van der Waals surface area contributed by atoms with Gasteiger partial charge in [0.25, 0.3) is 0 Å². The van der Waals surface area contributed by atoms with Crippen LogP contribution in [0.2, 0.25) is 0 Å². The van der Waals surface area contributed by atoms with E-state index in [2.05, 4.69) is 30.5 Å². The summed E-state index contributed by atoms with van der Waals surface area (Å²) in [5, 5.41) is 9.74. The monoisotopic (exact) mass is 234 g/mol. The van der Waals surface area contributed by atoms with Gasteiger partial charge in [0.15, 0.2) is 0 Å². The van der Waals surface area contributed by atoms with E-state index in [0.29, 0.717) is 12.5 Å². The van der Waals surface area contributed by atoms with Crippen molar-refractivity contribution in [3.8, 4) is 5.88 Å². The molecular formula is C10H14N6O. The molecule has 17 heavy (non-hydrogen) atoms. The number of aromatic amines is 1. The topological polar surface area (TPSA) is 88.6 Å². The minimum Gasteiger partial charge on any atom is -0.478 e. The molecule has 0 saturated carbocycles. The molecule has 0 spiro atoms. The van der Waals surface area contributed by atoms with Crippen molar-refractivity contribution < 1.29 is 4.74 Å². The van der Waals surface area contributed by atoms with Crippen LogP contribution in [0.1, 0.15) is 12.7 Å². The van der Waals surface area contributed by atoms with E-state index in [0.717, 1.165) is 24.6 Å². The third-order valence-electron chi connectivity index (χ3n) is 2.07. The summed E-state index contributed by atoms with van der Waals surface area (Å²) >= 11 is 0. The number of aromatic nitrogens is 5. The molecular weight excluding hydrogens is 220 g/mol. The summed E-state index contributed by atoms with van der Waals surface area (Å²) < 4.78 is 5.28. The highest BCUT2D eigenvalue weighted by Crippen LogP contribution is 2.10. The molecule has 0 radical (unpaired) electrons. The highest BCUT2D eigenvalue weighted by Gasteiger charge is 1.99. The standard InChI is InChI=1S/C10H14N6O/c1-2-17-10-5-9(12-6-14-10)11-4-3-8-13-7-15-16-8/h5-7H,2-4H2,1H3,(H,11,12,14)(H,13,15,16). The first-order valence-corrected chi connectivity index (χ1v) is 5.41. The molecule has 0 fully saturated rings. The molecule has 0 bridgehead atoms. The largest absolute Gasteiger partial charge is 0.478 e. The highest BCUT2D eigenvalue weighted by atomic mass is 16.5. The van der Waals surface area contributed by atoms with Crippen molar-refractivity contribution >= 4 is 5.82 Å². The molecule has 2 heterocycles. The molecule has 7 nitrogen and oxygen atoms in total. The van der Waals surface area contributed by atoms with E-state index in [1.54, 1.807) is 6.07 Å². The minimum absolute atomic E-state index is 0.574. The highest BCUT2D eigenvalue weighted by molar-refractivity contribution is 5.36. The summed E-state index contributed by atoms with van der Waals surface area (Å²) in [6.07, 6.45) is 3.73. The molecule has 0 aliphatic rings. The van der Waals surface area contributed by atoms with E-state index < -0.39 is 0 Å².